The molecule has 0 heterocycles. The summed E-state index contributed by atoms with van der Waals surface area (Å²) in [4.78, 5) is 0. The Balaban J connectivity index is 2.75. The highest BCUT2D eigenvalue weighted by atomic mass is 79.9. The van der Waals surface area contributed by atoms with Crippen molar-refractivity contribution in [3.05, 3.63) is 24.3 Å². The number of nitrogen functional groups attached to an aromatic ring is 1. The Hall–Kier alpha value is -0.700. The number of ether oxygens (including phenoxy) is 1. The lowest BCUT2D eigenvalue weighted by atomic mass is 10.3. The minimum Gasteiger partial charge on any atom is -0.482 e. The van der Waals surface area contributed by atoms with Crippen molar-refractivity contribution in [3.8, 4) is 5.75 Å². The van der Waals surface area contributed by atoms with Crippen LogP contribution in [0.2, 0.25) is 0 Å². The minimum absolute atomic E-state index is 0.496. The zero-order valence-electron chi connectivity index (χ0n) is 5.38. The van der Waals surface area contributed by atoms with Crippen LogP contribution in [0.25, 0.3) is 0 Å². The fraction of sp³-hybridized carbons (Fsp3) is 0.143. The number of nitrogens with two attached hydrogens (primary N) is 1. The van der Waals surface area contributed by atoms with Crippen molar-refractivity contribution in [2.45, 2.75) is 0 Å². The molecule has 0 fully saturated rings. The Morgan fingerprint density at radius 2 is 2.30 bits per heavy atom. The molecule has 10 heavy (non-hydrogen) atoms. The van der Waals surface area contributed by atoms with Gasteiger partial charge in [-0.05, 0) is 28.1 Å². The first kappa shape index (κ1) is 7.41. The van der Waals surface area contributed by atoms with Gasteiger partial charge in [0.2, 0.25) is 0 Å². The van der Waals surface area contributed by atoms with Crippen molar-refractivity contribution >= 4 is 21.6 Å². The molecule has 2 N–H and O–H groups in total. The van der Waals surface area contributed by atoms with E-state index in [4.69, 9.17) is 10.5 Å². The van der Waals surface area contributed by atoms with Crippen LogP contribution in [0.15, 0.2) is 24.3 Å². The third kappa shape index (κ3) is 1.92. The third-order valence-electron chi connectivity index (χ3n) is 1.08. The minimum atomic E-state index is 0.496. The lowest BCUT2D eigenvalue weighted by molar-refractivity contribution is 0.398. The molecule has 0 saturated heterocycles. The lowest BCUT2D eigenvalue weighted by Gasteiger charge is -2.00. The molecule has 1 aromatic rings. The molecule has 0 atom stereocenters. The maximum absolute atomic E-state index is 5.49. The first-order valence-corrected chi connectivity index (χ1v) is 3.99. The molecule has 1 aromatic carbocycles. The van der Waals surface area contributed by atoms with Gasteiger partial charge in [0.05, 0.1) is 0 Å². The Kier molecular flexibility index (Phi) is 2.57. The molecule has 3 heteroatoms. The number of hydrogen-bond acceptors (Lipinski definition) is 2. The maximum Gasteiger partial charge on any atom is 0.143 e. The fourth-order valence-corrected chi connectivity index (χ4v) is 0.932. The fourth-order valence-electron chi connectivity index (χ4n) is 0.667. The van der Waals surface area contributed by atoms with E-state index in [1.165, 1.54) is 0 Å². The maximum atomic E-state index is 5.49. The molecule has 0 bridgehead atoms. The van der Waals surface area contributed by atoms with Crippen molar-refractivity contribution in [1.82, 2.24) is 0 Å². The second kappa shape index (κ2) is 3.46. The number of alkyl halides is 1. The van der Waals surface area contributed by atoms with E-state index in [9.17, 15) is 0 Å². The SMILES string of the molecule is Nc1cccc(OCBr)c1. The van der Waals surface area contributed by atoms with Gasteiger partial charge in [0.15, 0.2) is 0 Å². The van der Waals surface area contributed by atoms with Crippen LogP contribution in [0.3, 0.4) is 0 Å². The van der Waals surface area contributed by atoms with Gasteiger partial charge < -0.3 is 10.5 Å². The molecule has 0 amide bonds. The van der Waals surface area contributed by atoms with Gasteiger partial charge in [0.1, 0.15) is 11.3 Å². The molecule has 0 unspecified atom stereocenters. The number of benzene rings is 1. The zero-order valence-corrected chi connectivity index (χ0v) is 6.97. The molecule has 0 aromatic heterocycles. The van der Waals surface area contributed by atoms with Gasteiger partial charge in [-0.25, -0.2) is 0 Å². The molecule has 0 aliphatic heterocycles. The van der Waals surface area contributed by atoms with Gasteiger partial charge >= 0.3 is 0 Å². The van der Waals surface area contributed by atoms with E-state index in [2.05, 4.69) is 15.9 Å². The molecular formula is C7H8BrNO. The highest BCUT2D eigenvalue weighted by Gasteiger charge is 1.89. The molecular weight excluding hydrogens is 194 g/mol. The topological polar surface area (TPSA) is 35.2 Å². The van der Waals surface area contributed by atoms with Crippen LogP contribution >= 0.6 is 15.9 Å². The quantitative estimate of drug-likeness (QED) is 0.587. The molecule has 2 nitrogen and oxygen atoms in total. The Bertz CT molecular complexity index is 215. The average Bonchev–Trinajstić information content (AvgIpc) is 1.88. The molecule has 0 radical (unpaired) electrons. The predicted molar refractivity (Wildman–Crippen MR) is 45.3 cm³/mol. The van der Waals surface area contributed by atoms with Gasteiger partial charge in [-0.2, -0.15) is 0 Å². The van der Waals surface area contributed by atoms with Crippen LogP contribution in [0.5, 0.6) is 5.75 Å². The Labute approximate surface area is 68.1 Å². The van der Waals surface area contributed by atoms with Crippen LogP contribution in [0, 0.1) is 0 Å². The Morgan fingerprint density at radius 3 is 2.90 bits per heavy atom. The van der Waals surface area contributed by atoms with E-state index >= 15 is 0 Å². The second-order valence-electron chi connectivity index (χ2n) is 1.83. The van der Waals surface area contributed by atoms with Crippen molar-refractivity contribution in [2.24, 2.45) is 0 Å². The van der Waals surface area contributed by atoms with Crippen LogP contribution in [-0.4, -0.2) is 5.52 Å². The summed E-state index contributed by atoms with van der Waals surface area (Å²) in [6.45, 7) is 0. The molecule has 0 aliphatic rings. The summed E-state index contributed by atoms with van der Waals surface area (Å²) in [5.74, 6) is 0.789. The van der Waals surface area contributed by atoms with Gasteiger partial charge in [-0.1, -0.05) is 6.07 Å². The van der Waals surface area contributed by atoms with Crippen LogP contribution in [0.1, 0.15) is 0 Å². The van der Waals surface area contributed by atoms with Gasteiger partial charge in [0, 0.05) is 11.8 Å². The van der Waals surface area contributed by atoms with Gasteiger partial charge in [0.25, 0.3) is 0 Å². The molecule has 54 valence electrons. The number of rotatable bonds is 2. The molecule has 1 rings (SSSR count). The van der Waals surface area contributed by atoms with E-state index in [0.717, 1.165) is 11.4 Å². The lowest BCUT2D eigenvalue weighted by Crippen LogP contribution is -1.89. The van der Waals surface area contributed by atoms with Crippen LogP contribution in [-0.2, 0) is 0 Å². The Morgan fingerprint density at radius 1 is 1.50 bits per heavy atom. The normalized spacial score (nSPS) is 9.30. The predicted octanol–water partition coefficient (Wildman–Crippen LogP) is 2.00. The third-order valence-corrected chi connectivity index (χ3v) is 1.31. The number of hydrogen-bond donors (Lipinski definition) is 1. The summed E-state index contributed by atoms with van der Waals surface area (Å²) in [6, 6.07) is 7.31. The molecule has 0 saturated carbocycles. The summed E-state index contributed by atoms with van der Waals surface area (Å²) >= 11 is 3.15. The highest BCUT2D eigenvalue weighted by molar-refractivity contribution is 9.09. The standard InChI is InChI=1S/C7H8BrNO/c8-5-10-7-3-1-2-6(9)4-7/h1-4H,5,9H2. The zero-order chi connectivity index (χ0) is 7.40. The van der Waals surface area contributed by atoms with Crippen LogP contribution < -0.4 is 10.5 Å². The van der Waals surface area contributed by atoms with Crippen molar-refractivity contribution in [3.63, 3.8) is 0 Å². The van der Waals surface area contributed by atoms with Crippen molar-refractivity contribution in [2.75, 3.05) is 11.2 Å². The first-order chi connectivity index (χ1) is 4.83. The highest BCUT2D eigenvalue weighted by Crippen LogP contribution is 2.14. The monoisotopic (exact) mass is 201 g/mol. The summed E-state index contributed by atoms with van der Waals surface area (Å²) in [5.41, 5.74) is 6.71. The van der Waals surface area contributed by atoms with E-state index in [0.29, 0.717) is 5.52 Å². The van der Waals surface area contributed by atoms with Crippen molar-refractivity contribution < 1.29 is 4.74 Å². The van der Waals surface area contributed by atoms with Crippen LogP contribution in [0.4, 0.5) is 5.69 Å². The smallest absolute Gasteiger partial charge is 0.143 e. The van der Waals surface area contributed by atoms with E-state index in [-0.39, 0.29) is 0 Å². The molecule has 0 spiro atoms. The van der Waals surface area contributed by atoms with E-state index in [1.807, 2.05) is 18.2 Å². The van der Waals surface area contributed by atoms with Crippen molar-refractivity contribution in [1.29, 1.82) is 0 Å². The van der Waals surface area contributed by atoms with Gasteiger partial charge in [-0.3, -0.25) is 0 Å². The van der Waals surface area contributed by atoms with E-state index < -0.39 is 0 Å². The summed E-state index contributed by atoms with van der Waals surface area (Å²) < 4.78 is 5.12. The number of anilines is 1. The van der Waals surface area contributed by atoms with Gasteiger partial charge in [-0.15, -0.1) is 0 Å². The largest absolute Gasteiger partial charge is 0.482 e. The first-order valence-electron chi connectivity index (χ1n) is 2.87. The van der Waals surface area contributed by atoms with E-state index in [1.54, 1.807) is 6.07 Å². The average molecular weight is 202 g/mol. The summed E-state index contributed by atoms with van der Waals surface area (Å²) in [6.07, 6.45) is 0. The summed E-state index contributed by atoms with van der Waals surface area (Å²) in [7, 11) is 0. The summed E-state index contributed by atoms with van der Waals surface area (Å²) in [5, 5.41) is 0. The second-order valence-corrected chi connectivity index (χ2v) is 2.28. The molecule has 0 aliphatic carbocycles. The number of halogens is 1.